The Labute approximate surface area is 104 Å². The van der Waals surface area contributed by atoms with Crippen molar-refractivity contribution in [3.8, 4) is 5.88 Å². The number of rotatable bonds is 4. The molecular formula is C10H16N2O2S2. The van der Waals surface area contributed by atoms with Gasteiger partial charge in [0.15, 0.2) is 0 Å². The molecule has 90 valence electrons. The third-order valence-corrected chi connectivity index (χ3v) is 4.17. The van der Waals surface area contributed by atoms with Crippen molar-refractivity contribution in [1.82, 2.24) is 9.11 Å². The lowest BCUT2D eigenvalue weighted by Crippen LogP contribution is -2.35. The van der Waals surface area contributed by atoms with Gasteiger partial charge in [0.05, 0.1) is 18.5 Å². The molecule has 0 radical (unpaired) electrons. The first-order valence-electron chi connectivity index (χ1n) is 4.79. The smallest absolute Gasteiger partial charge is 0.214 e. The molecule has 1 rings (SSSR count). The monoisotopic (exact) mass is 260 g/mol. The third kappa shape index (κ3) is 4.21. The molecule has 0 amide bonds. The first-order chi connectivity index (χ1) is 7.43. The Kier molecular flexibility index (Phi) is 4.91. The molecule has 0 aliphatic carbocycles. The van der Waals surface area contributed by atoms with Crippen molar-refractivity contribution in [1.29, 1.82) is 0 Å². The van der Waals surface area contributed by atoms with E-state index in [1.165, 1.54) is 11.9 Å². The quantitative estimate of drug-likeness (QED) is 0.664. The molecule has 0 spiro atoms. The molecule has 0 bridgehead atoms. The largest absolute Gasteiger partial charge is 0.597 e. The molecule has 1 atom stereocenters. The summed E-state index contributed by atoms with van der Waals surface area (Å²) in [5.74, 6) is 0.549. The standard InChI is InChI=1S/C10H16N2O2S2/c1-10(2,3)16(13)12-15-9-7-5-6-8(11-9)14-4/h5-7,12H,1-4H3. The lowest BCUT2D eigenvalue weighted by Gasteiger charge is -2.22. The Morgan fingerprint density at radius 1 is 1.44 bits per heavy atom. The second-order valence-corrected chi connectivity index (χ2v) is 7.14. The van der Waals surface area contributed by atoms with Crippen LogP contribution in [0.25, 0.3) is 0 Å². The minimum Gasteiger partial charge on any atom is -0.597 e. The lowest BCUT2D eigenvalue weighted by atomic mass is 10.3. The number of methoxy groups -OCH3 is 1. The van der Waals surface area contributed by atoms with Crippen LogP contribution < -0.4 is 8.86 Å². The summed E-state index contributed by atoms with van der Waals surface area (Å²) in [7, 11) is 1.57. The van der Waals surface area contributed by atoms with Gasteiger partial charge in [-0.15, -0.1) is 0 Å². The highest BCUT2D eigenvalue weighted by molar-refractivity contribution is 8.09. The van der Waals surface area contributed by atoms with Crippen molar-refractivity contribution >= 4 is 23.3 Å². The molecule has 1 aromatic heterocycles. The van der Waals surface area contributed by atoms with Gasteiger partial charge in [0, 0.05) is 18.0 Å². The van der Waals surface area contributed by atoms with Gasteiger partial charge >= 0.3 is 0 Å². The summed E-state index contributed by atoms with van der Waals surface area (Å²) in [4.78, 5) is 4.19. The molecule has 16 heavy (non-hydrogen) atoms. The Bertz CT molecular complexity index is 342. The van der Waals surface area contributed by atoms with Crippen LogP contribution in [0.4, 0.5) is 0 Å². The van der Waals surface area contributed by atoms with E-state index in [1.54, 1.807) is 13.2 Å². The van der Waals surface area contributed by atoms with E-state index in [0.29, 0.717) is 5.88 Å². The molecule has 1 unspecified atom stereocenters. The number of ether oxygens (including phenoxy) is 1. The second kappa shape index (κ2) is 5.77. The van der Waals surface area contributed by atoms with Gasteiger partial charge in [0.25, 0.3) is 0 Å². The summed E-state index contributed by atoms with van der Waals surface area (Å²) in [5, 5.41) is 0.733. The molecule has 0 aliphatic rings. The van der Waals surface area contributed by atoms with E-state index in [0.717, 1.165) is 5.03 Å². The number of nitrogens with one attached hydrogen (secondary N) is 1. The molecule has 4 nitrogen and oxygen atoms in total. The van der Waals surface area contributed by atoms with Crippen LogP contribution in [0.5, 0.6) is 5.88 Å². The van der Waals surface area contributed by atoms with Crippen molar-refractivity contribution in [3.05, 3.63) is 18.2 Å². The van der Waals surface area contributed by atoms with Gasteiger partial charge in [0.1, 0.15) is 9.77 Å². The predicted molar refractivity (Wildman–Crippen MR) is 67.7 cm³/mol. The first kappa shape index (κ1) is 13.6. The number of hydrogen-bond donors (Lipinski definition) is 1. The van der Waals surface area contributed by atoms with Crippen molar-refractivity contribution in [3.63, 3.8) is 0 Å². The maximum Gasteiger partial charge on any atom is 0.214 e. The maximum absolute atomic E-state index is 11.7. The minimum absolute atomic E-state index is 0.286. The Morgan fingerprint density at radius 3 is 2.69 bits per heavy atom. The fourth-order valence-electron chi connectivity index (χ4n) is 0.772. The highest BCUT2D eigenvalue weighted by Crippen LogP contribution is 2.20. The zero-order valence-corrected chi connectivity index (χ0v) is 11.4. The van der Waals surface area contributed by atoms with Gasteiger partial charge in [-0.05, 0) is 26.8 Å². The summed E-state index contributed by atoms with van der Waals surface area (Å²) in [5.41, 5.74) is 0. The average molecular weight is 260 g/mol. The fraction of sp³-hybridized carbons (Fsp3) is 0.500. The number of hydrogen-bond acceptors (Lipinski definition) is 5. The van der Waals surface area contributed by atoms with Gasteiger partial charge in [-0.3, -0.25) is 0 Å². The highest BCUT2D eigenvalue weighted by atomic mass is 32.3. The zero-order valence-electron chi connectivity index (χ0n) is 9.81. The zero-order chi connectivity index (χ0) is 12.2. The van der Waals surface area contributed by atoms with Gasteiger partial charge in [0.2, 0.25) is 5.88 Å². The molecule has 0 saturated heterocycles. The first-order valence-corrected chi connectivity index (χ1v) is 6.75. The van der Waals surface area contributed by atoms with Crippen molar-refractivity contribution < 1.29 is 9.29 Å². The van der Waals surface area contributed by atoms with Gasteiger partial charge in [-0.25, -0.2) is 4.98 Å². The lowest BCUT2D eigenvalue weighted by molar-refractivity contribution is 0.394. The van der Waals surface area contributed by atoms with Crippen LogP contribution in [0, 0.1) is 0 Å². The Hall–Kier alpha value is -0.430. The normalized spacial score (nSPS) is 13.6. The number of aromatic nitrogens is 1. The molecule has 1 N–H and O–H groups in total. The molecule has 0 saturated carbocycles. The summed E-state index contributed by atoms with van der Waals surface area (Å²) in [6.45, 7) is 5.74. The van der Waals surface area contributed by atoms with Crippen LogP contribution in [-0.2, 0) is 11.4 Å². The van der Waals surface area contributed by atoms with E-state index < -0.39 is 11.4 Å². The van der Waals surface area contributed by atoms with Gasteiger partial charge in [-0.2, -0.15) is 0 Å². The molecule has 1 heterocycles. The summed E-state index contributed by atoms with van der Waals surface area (Å²) in [6.07, 6.45) is 0. The van der Waals surface area contributed by atoms with Crippen molar-refractivity contribution in [2.75, 3.05) is 7.11 Å². The van der Waals surface area contributed by atoms with Gasteiger partial charge < -0.3 is 9.29 Å². The Morgan fingerprint density at radius 2 is 2.12 bits per heavy atom. The SMILES string of the molecule is COc1cccc(SN[S+]([O-])C(C)(C)C)n1. The van der Waals surface area contributed by atoms with E-state index >= 15 is 0 Å². The molecule has 0 fully saturated rings. The number of pyridine rings is 1. The van der Waals surface area contributed by atoms with Crippen molar-refractivity contribution in [2.24, 2.45) is 0 Å². The predicted octanol–water partition coefficient (Wildman–Crippen LogP) is 2.15. The van der Waals surface area contributed by atoms with Gasteiger partial charge in [-0.1, -0.05) is 10.2 Å². The molecule has 0 aliphatic heterocycles. The van der Waals surface area contributed by atoms with E-state index in [1.807, 2.05) is 32.9 Å². The molecule has 6 heteroatoms. The summed E-state index contributed by atoms with van der Waals surface area (Å²) in [6, 6.07) is 5.45. The van der Waals surface area contributed by atoms with Crippen molar-refractivity contribution in [2.45, 2.75) is 30.5 Å². The van der Waals surface area contributed by atoms with E-state index in [-0.39, 0.29) is 4.75 Å². The maximum atomic E-state index is 11.7. The Balaban J connectivity index is 2.54. The fourth-order valence-corrected chi connectivity index (χ4v) is 2.70. The van der Waals surface area contributed by atoms with Crippen LogP contribution in [0.15, 0.2) is 23.2 Å². The number of nitrogens with zero attached hydrogens (tertiary/aromatic N) is 1. The van der Waals surface area contributed by atoms with Crippen LogP contribution in [0.2, 0.25) is 0 Å². The van der Waals surface area contributed by atoms with Crippen LogP contribution in [0.3, 0.4) is 0 Å². The van der Waals surface area contributed by atoms with Crippen LogP contribution in [-0.4, -0.2) is 21.4 Å². The van der Waals surface area contributed by atoms with E-state index in [9.17, 15) is 4.55 Å². The van der Waals surface area contributed by atoms with Crippen LogP contribution >= 0.6 is 11.9 Å². The average Bonchev–Trinajstić information content (AvgIpc) is 2.25. The van der Waals surface area contributed by atoms with E-state index in [4.69, 9.17) is 4.74 Å². The minimum atomic E-state index is -1.11. The molecule has 0 aromatic carbocycles. The third-order valence-electron chi connectivity index (χ3n) is 1.69. The summed E-state index contributed by atoms with van der Waals surface area (Å²) >= 11 is 0.129. The topological polar surface area (TPSA) is 57.2 Å². The van der Waals surface area contributed by atoms with E-state index in [2.05, 4.69) is 9.11 Å². The second-order valence-electron chi connectivity index (χ2n) is 4.08. The summed E-state index contributed by atoms with van der Waals surface area (Å²) < 4.78 is 19.3. The molecule has 1 aromatic rings. The highest BCUT2D eigenvalue weighted by Gasteiger charge is 2.26. The van der Waals surface area contributed by atoms with Crippen LogP contribution in [0.1, 0.15) is 20.8 Å². The molecular weight excluding hydrogens is 244 g/mol.